The second-order valence-corrected chi connectivity index (χ2v) is 5.54. The molecular formula is C16H28N2. The van der Waals surface area contributed by atoms with Gasteiger partial charge in [0.1, 0.15) is 0 Å². The summed E-state index contributed by atoms with van der Waals surface area (Å²) in [6.07, 6.45) is 2.37. The lowest BCUT2D eigenvalue weighted by Gasteiger charge is -2.27. The lowest BCUT2D eigenvalue weighted by molar-refractivity contribution is 0.398. The molecule has 0 aliphatic rings. The summed E-state index contributed by atoms with van der Waals surface area (Å²) >= 11 is 0. The van der Waals surface area contributed by atoms with Crippen molar-refractivity contribution in [3.05, 3.63) is 29.8 Å². The highest BCUT2D eigenvalue weighted by molar-refractivity contribution is 5.46. The standard InChI is InChI=1S/C16H28N2/c1-5-6-14-7-9-16(10-8-14)18(4)12-15(11-17)13(2)3/h7-10,13,15H,5-6,11-12,17H2,1-4H3. The van der Waals surface area contributed by atoms with E-state index in [0.29, 0.717) is 11.8 Å². The van der Waals surface area contributed by atoms with Crippen LogP contribution in [-0.2, 0) is 6.42 Å². The summed E-state index contributed by atoms with van der Waals surface area (Å²) in [6.45, 7) is 8.50. The summed E-state index contributed by atoms with van der Waals surface area (Å²) in [4.78, 5) is 2.31. The van der Waals surface area contributed by atoms with Gasteiger partial charge in [-0.05, 0) is 42.5 Å². The average Bonchev–Trinajstić information content (AvgIpc) is 2.36. The van der Waals surface area contributed by atoms with Crippen LogP contribution < -0.4 is 10.6 Å². The van der Waals surface area contributed by atoms with E-state index in [2.05, 4.69) is 57.0 Å². The molecule has 0 radical (unpaired) electrons. The fourth-order valence-corrected chi connectivity index (χ4v) is 2.22. The molecule has 2 N–H and O–H groups in total. The Labute approximate surface area is 112 Å². The topological polar surface area (TPSA) is 29.3 Å². The van der Waals surface area contributed by atoms with Crippen molar-refractivity contribution in [2.45, 2.75) is 33.6 Å². The maximum Gasteiger partial charge on any atom is 0.0363 e. The van der Waals surface area contributed by atoms with Gasteiger partial charge in [-0.1, -0.05) is 39.3 Å². The first-order valence-electron chi connectivity index (χ1n) is 7.08. The number of hydrogen-bond acceptors (Lipinski definition) is 2. The summed E-state index contributed by atoms with van der Waals surface area (Å²) < 4.78 is 0. The van der Waals surface area contributed by atoms with E-state index < -0.39 is 0 Å². The maximum absolute atomic E-state index is 5.84. The Balaban J connectivity index is 2.63. The molecule has 0 bridgehead atoms. The van der Waals surface area contributed by atoms with Crippen LogP contribution in [0.2, 0.25) is 0 Å². The number of hydrogen-bond donors (Lipinski definition) is 1. The van der Waals surface area contributed by atoms with E-state index in [1.54, 1.807) is 0 Å². The van der Waals surface area contributed by atoms with E-state index in [9.17, 15) is 0 Å². The molecule has 1 atom stereocenters. The van der Waals surface area contributed by atoms with Crippen molar-refractivity contribution < 1.29 is 0 Å². The summed E-state index contributed by atoms with van der Waals surface area (Å²) in [5, 5.41) is 0. The van der Waals surface area contributed by atoms with Gasteiger partial charge in [0.15, 0.2) is 0 Å². The molecule has 2 heteroatoms. The van der Waals surface area contributed by atoms with Gasteiger partial charge in [-0.15, -0.1) is 0 Å². The largest absolute Gasteiger partial charge is 0.374 e. The zero-order valence-corrected chi connectivity index (χ0v) is 12.3. The highest BCUT2D eigenvalue weighted by Gasteiger charge is 2.14. The Morgan fingerprint density at radius 3 is 2.22 bits per heavy atom. The highest BCUT2D eigenvalue weighted by Crippen LogP contribution is 2.18. The molecular weight excluding hydrogens is 220 g/mol. The van der Waals surface area contributed by atoms with Gasteiger partial charge < -0.3 is 10.6 Å². The van der Waals surface area contributed by atoms with E-state index in [-0.39, 0.29) is 0 Å². The van der Waals surface area contributed by atoms with Gasteiger partial charge in [-0.3, -0.25) is 0 Å². The minimum atomic E-state index is 0.560. The van der Waals surface area contributed by atoms with Crippen LogP contribution in [0.15, 0.2) is 24.3 Å². The summed E-state index contributed by atoms with van der Waals surface area (Å²) in [5.41, 5.74) is 8.55. The Morgan fingerprint density at radius 1 is 1.17 bits per heavy atom. The van der Waals surface area contributed by atoms with Crippen LogP contribution in [0.5, 0.6) is 0 Å². The van der Waals surface area contributed by atoms with Crippen LogP contribution in [0, 0.1) is 11.8 Å². The molecule has 0 amide bonds. The van der Waals surface area contributed by atoms with Crippen LogP contribution in [0.1, 0.15) is 32.8 Å². The summed E-state index contributed by atoms with van der Waals surface area (Å²) in [5.74, 6) is 1.20. The van der Waals surface area contributed by atoms with Gasteiger partial charge in [0.25, 0.3) is 0 Å². The number of nitrogens with two attached hydrogens (primary N) is 1. The van der Waals surface area contributed by atoms with Gasteiger partial charge in [-0.2, -0.15) is 0 Å². The van der Waals surface area contributed by atoms with Crippen LogP contribution in [0.3, 0.4) is 0 Å². The van der Waals surface area contributed by atoms with E-state index in [1.807, 2.05) is 0 Å². The van der Waals surface area contributed by atoms with Crippen molar-refractivity contribution >= 4 is 5.69 Å². The van der Waals surface area contributed by atoms with Crippen molar-refractivity contribution in [2.75, 3.05) is 25.0 Å². The quantitative estimate of drug-likeness (QED) is 0.802. The first kappa shape index (κ1) is 15.0. The predicted molar refractivity (Wildman–Crippen MR) is 81.1 cm³/mol. The van der Waals surface area contributed by atoms with Crippen molar-refractivity contribution in [3.8, 4) is 0 Å². The summed E-state index contributed by atoms with van der Waals surface area (Å²) in [7, 11) is 2.15. The second kappa shape index (κ2) is 7.42. The van der Waals surface area contributed by atoms with Crippen molar-refractivity contribution in [1.82, 2.24) is 0 Å². The van der Waals surface area contributed by atoms with Crippen LogP contribution in [-0.4, -0.2) is 20.1 Å². The van der Waals surface area contributed by atoms with Crippen molar-refractivity contribution in [3.63, 3.8) is 0 Å². The minimum absolute atomic E-state index is 0.560. The maximum atomic E-state index is 5.84. The first-order chi connectivity index (χ1) is 8.58. The smallest absolute Gasteiger partial charge is 0.0363 e. The molecule has 1 rings (SSSR count). The number of benzene rings is 1. The van der Waals surface area contributed by atoms with Gasteiger partial charge in [0.2, 0.25) is 0 Å². The Morgan fingerprint density at radius 2 is 1.78 bits per heavy atom. The molecule has 2 nitrogen and oxygen atoms in total. The summed E-state index contributed by atoms with van der Waals surface area (Å²) in [6, 6.07) is 8.92. The number of rotatable bonds is 7. The van der Waals surface area contributed by atoms with Crippen LogP contribution in [0.25, 0.3) is 0 Å². The predicted octanol–water partition coefficient (Wildman–Crippen LogP) is 3.31. The van der Waals surface area contributed by atoms with E-state index >= 15 is 0 Å². The van der Waals surface area contributed by atoms with Crippen LogP contribution in [0.4, 0.5) is 5.69 Å². The van der Waals surface area contributed by atoms with E-state index in [4.69, 9.17) is 5.73 Å². The monoisotopic (exact) mass is 248 g/mol. The van der Waals surface area contributed by atoms with Crippen molar-refractivity contribution in [2.24, 2.45) is 17.6 Å². The van der Waals surface area contributed by atoms with Gasteiger partial charge in [-0.25, -0.2) is 0 Å². The molecule has 0 saturated carbocycles. The molecule has 0 saturated heterocycles. The molecule has 0 fully saturated rings. The molecule has 0 heterocycles. The Kier molecular flexibility index (Phi) is 6.20. The molecule has 0 spiro atoms. The normalized spacial score (nSPS) is 12.8. The van der Waals surface area contributed by atoms with Crippen molar-refractivity contribution in [1.29, 1.82) is 0 Å². The van der Waals surface area contributed by atoms with Gasteiger partial charge in [0, 0.05) is 19.3 Å². The third-order valence-electron chi connectivity index (χ3n) is 3.67. The molecule has 0 aliphatic carbocycles. The zero-order valence-electron chi connectivity index (χ0n) is 12.3. The fourth-order valence-electron chi connectivity index (χ4n) is 2.22. The lowest BCUT2D eigenvalue weighted by Crippen LogP contribution is -2.33. The van der Waals surface area contributed by atoms with Gasteiger partial charge >= 0.3 is 0 Å². The molecule has 0 aromatic heterocycles. The Bertz CT molecular complexity index is 329. The highest BCUT2D eigenvalue weighted by atomic mass is 15.1. The van der Waals surface area contributed by atoms with E-state index in [1.165, 1.54) is 24.1 Å². The first-order valence-corrected chi connectivity index (χ1v) is 7.08. The molecule has 1 aromatic rings. The second-order valence-electron chi connectivity index (χ2n) is 5.54. The minimum Gasteiger partial charge on any atom is -0.374 e. The zero-order chi connectivity index (χ0) is 13.5. The lowest BCUT2D eigenvalue weighted by atomic mass is 9.95. The fraction of sp³-hybridized carbons (Fsp3) is 0.625. The third-order valence-corrected chi connectivity index (χ3v) is 3.67. The van der Waals surface area contributed by atoms with Gasteiger partial charge in [0.05, 0.1) is 0 Å². The molecule has 102 valence electrons. The molecule has 0 aliphatic heterocycles. The number of aryl methyl sites for hydroxylation is 1. The molecule has 18 heavy (non-hydrogen) atoms. The number of nitrogens with zero attached hydrogens (tertiary/aromatic N) is 1. The van der Waals surface area contributed by atoms with E-state index in [0.717, 1.165) is 13.1 Å². The molecule has 1 aromatic carbocycles. The Hall–Kier alpha value is -1.02. The van der Waals surface area contributed by atoms with Crippen LogP contribution >= 0.6 is 0 Å². The third kappa shape index (κ3) is 4.34. The number of anilines is 1. The SMILES string of the molecule is CCCc1ccc(N(C)CC(CN)C(C)C)cc1. The average molecular weight is 248 g/mol. The molecule has 1 unspecified atom stereocenters.